The number of anilines is 1. The molecule has 0 aromatic heterocycles. The second kappa shape index (κ2) is 12.7. The average Bonchev–Trinajstić information content (AvgIpc) is 2.94. The molecule has 0 atom stereocenters. The SMILES string of the molecule is COc1cc(/C=C(\C#N)C(=O)Nc2ccc(OCc3ccccc3)cc2)cc(Br)c1Cc1ccccc1F. The molecular weight excluding hydrogens is 547 g/mol. The van der Waals surface area contributed by atoms with Crippen molar-refractivity contribution >= 4 is 33.6 Å². The summed E-state index contributed by atoms with van der Waals surface area (Å²) in [6.07, 6.45) is 1.80. The number of halogens is 2. The Kier molecular flexibility index (Phi) is 8.91. The van der Waals surface area contributed by atoms with Gasteiger partial charge < -0.3 is 14.8 Å². The number of nitrogens with zero attached hydrogens (tertiary/aromatic N) is 1. The van der Waals surface area contributed by atoms with Gasteiger partial charge in [0.05, 0.1) is 7.11 Å². The zero-order valence-corrected chi connectivity index (χ0v) is 22.2. The molecular formula is C31H24BrFN2O3. The highest BCUT2D eigenvalue weighted by atomic mass is 79.9. The lowest BCUT2D eigenvalue weighted by molar-refractivity contribution is -0.112. The van der Waals surface area contributed by atoms with Crippen LogP contribution in [0, 0.1) is 17.1 Å². The predicted molar refractivity (Wildman–Crippen MR) is 149 cm³/mol. The number of hydrogen-bond acceptors (Lipinski definition) is 4. The van der Waals surface area contributed by atoms with Gasteiger partial charge in [-0.05, 0) is 65.2 Å². The van der Waals surface area contributed by atoms with Gasteiger partial charge in [-0.3, -0.25) is 4.79 Å². The number of benzene rings is 4. The van der Waals surface area contributed by atoms with Gasteiger partial charge in [0.2, 0.25) is 0 Å². The van der Waals surface area contributed by atoms with Gasteiger partial charge in [0.15, 0.2) is 0 Å². The number of rotatable bonds is 9. The number of amides is 1. The highest BCUT2D eigenvalue weighted by molar-refractivity contribution is 9.10. The van der Waals surface area contributed by atoms with E-state index in [0.717, 1.165) is 11.1 Å². The maximum absolute atomic E-state index is 14.2. The molecule has 0 saturated heterocycles. The normalized spacial score (nSPS) is 10.9. The van der Waals surface area contributed by atoms with Crippen LogP contribution in [0.25, 0.3) is 6.08 Å². The fourth-order valence-corrected chi connectivity index (χ4v) is 4.39. The van der Waals surface area contributed by atoms with Crippen molar-refractivity contribution in [1.82, 2.24) is 0 Å². The third kappa shape index (κ3) is 6.87. The lowest BCUT2D eigenvalue weighted by atomic mass is 10.0. The summed E-state index contributed by atoms with van der Waals surface area (Å²) < 4.78 is 26.2. The molecule has 0 aliphatic rings. The van der Waals surface area contributed by atoms with Crippen molar-refractivity contribution in [3.8, 4) is 17.6 Å². The molecule has 0 saturated carbocycles. The fraction of sp³-hybridized carbons (Fsp3) is 0.0968. The summed E-state index contributed by atoms with van der Waals surface area (Å²) in [6, 6.07) is 28.7. The van der Waals surface area contributed by atoms with Crippen molar-refractivity contribution in [1.29, 1.82) is 5.26 Å². The first-order valence-electron chi connectivity index (χ1n) is 11.8. The molecule has 190 valence electrons. The molecule has 38 heavy (non-hydrogen) atoms. The summed E-state index contributed by atoms with van der Waals surface area (Å²) in [5, 5.41) is 12.4. The zero-order chi connectivity index (χ0) is 26.9. The largest absolute Gasteiger partial charge is 0.496 e. The molecule has 0 aliphatic heterocycles. The van der Waals surface area contributed by atoms with E-state index < -0.39 is 5.91 Å². The van der Waals surface area contributed by atoms with Crippen LogP contribution in [0.2, 0.25) is 0 Å². The van der Waals surface area contributed by atoms with Gasteiger partial charge in [-0.25, -0.2) is 4.39 Å². The van der Waals surface area contributed by atoms with Gasteiger partial charge in [-0.1, -0.05) is 64.5 Å². The van der Waals surface area contributed by atoms with E-state index in [9.17, 15) is 14.4 Å². The van der Waals surface area contributed by atoms with Crippen LogP contribution < -0.4 is 14.8 Å². The van der Waals surface area contributed by atoms with Crippen LogP contribution in [-0.2, 0) is 17.8 Å². The molecule has 4 aromatic rings. The molecule has 0 fully saturated rings. The Bertz CT molecular complexity index is 1500. The van der Waals surface area contributed by atoms with Crippen LogP contribution in [0.15, 0.2) is 101 Å². The Balaban J connectivity index is 1.46. The van der Waals surface area contributed by atoms with Crippen LogP contribution in [0.5, 0.6) is 11.5 Å². The molecule has 0 aliphatic carbocycles. The Morgan fingerprint density at radius 3 is 2.42 bits per heavy atom. The van der Waals surface area contributed by atoms with Gasteiger partial charge in [-0.2, -0.15) is 5.26 Å². The number of ether oxygens (including phenoxy) is 2. The molecule has 7 heteroatoms. The van der Waals surface area contributed by atoms with Crippen molar-refractivity contribution in [3.05, 3.63) is 129 Å². The summed E-state index contributed by atoms with van der Waals surface area (Å²) in [4.78, 5) is 12.8. The van der Waals surface area contributed by atoms with E-state index >= 15 is 0 Å². The van der Waals surface area contributed by atoms with E-state index in [2.05, 4.69) is 21.2 Å². The molecule has 0 unspecified atom stereocenters. The highest BCUT2D eigenvalue weighted by Crippen LogP contribution is 2.32. The van der Waals surface area contributed by atoms with E-state index in [-0.39, 0.29) is 11.4 Å². The summed E-state index contributed by atoms with van der Waals surface area (Å²) in [7, 11) is 1.52. The summed E-state index contributed by atoms with van der Waals surface area (Å²) in [5.74, 6) is 0.327. The summed E-state index contributed by atoms with van der Waals surface area (Å²) in [6.45, 7) is 0.436. The Morgan fingerprint density at radius 2 is 1.74 bits per heavy atom. The quantitative estimate of drug-likeness (QED) is 0.169. The lowest BCUT2D eigenvalue weighted by Crippen LogP contribution is -2.13. The molecule has 1 amide bonds. The number of methoxy groups -OCH3 is 1. The zero-order valence-electron chi connectivity index (χ0n) is 20.6. The Hall–Kier alpha value is -4.41. The van der Waals surface area contributed by atoms with Crippen molar-refractivity contribution < 1.29 is 18.7 Å². The third-order valence-electron chi connectivity index (χ3n) is 5.76. The van der Waals surface area contributed by atoms with Gasteiger partial charge in [-0.15, -0.1) is 0 Å². The summed E-state index contributed by atoms with van der Waals surface area (Å²) >= 11 is 3.53. The first-order chi connectivity index (χ1) is 18.5. The second-order valence-electron chi connectivity index (χ2n) is 8.37. The fourth-order valence-electron chi connectivity index (χ4n) is 3.79. The Labute approximate surface area is 229 Å². The maximum Gasteiger partial charge on any atom is 0.266 e. The number of hydrogen-bond donors (Lipinski definition) is 1. The predicted octanol–water partition coefficient (Wildman–Crippen LogP) is 7.31. The molecule has 0 bridgehead atoms. The minimum atomic E-state index is -0.545. The topological polar surface area (TPSA) is 71.3 Å². The smallest absolute Gasteiger partial charge is 0.266 e. The van der Waals surface area contributed by atoms with Crippen LogP contribution in [0.3, 0.4) is 0 Å². The first kappa shape index (κ1) is 26.6. The first-order valence-corrected chi connectivity index (χ1v) is 12.6. The highest BCUT2D eigenvalue weighted by Gasteiger charge is 2.15. The molecule has 0 radical (unpaired) electrons. The van der Waals surface area contributed by atoms with E-state index in [0.29, 0.717) is 45.8 Å². The standard InChI is InChI=1S/C31H24BrFN2O3/c1-37-30-17-22(16-28(32)27(30)18-23-9-5-6-10-29(23)33)15-24(19-34)31(36)35-25-11-13-26(14-12-25)38-20-21-7-3-2-4-8-21/h2-17H,18,20H2,1H3,(H,35,36)/b24-15+. The summed E-state index contributed by atoms with van der Waals surface area (Å²) in [5.41, 5.74) is 3.38. The van der Waals surface area contributed by atoms with Crippen molar-refractivity contribution in [3.63, 3.8) is 0 Å². The minimum Gasteiger partial charge on any atom is -0.496 e. The Morgan fingerprint density at radius 1 is 1.03 bits per heavy atom. The van der Waals surface area contributed by atoms with Crippen molar-refractivity contribution in [2.24, 2.45) is 0 Å². The average molecular weight is 571 g/mol. The van der Waals surface area contributed by atoms with Crippen LogP contribution in [-0.4, -0.2) is 13.0 Å². The van der Waals surface area contributed by atoms with E-state index in [1.165, 1.54) is 19.3 Å². The molecule has 4 rings (SSSR count). The van der Waals surface area contributed by atoms with E-state index in [4.69, 9.17) is 9.47 Å². The molecule has 5 nitrogen and oxygen atoms in total. The number of nitriles is 1. The van der Waals surface area contributed by atoms with Gasteiger partial charge >= 0.3 is 0 Å². The van der Waals surface area contributed by atoms with Crippen LogP contribution in [0.1, 0.15) is 22.3 Å². The van der Waals surface area contributed by atoms with E-state index in [1.54, 1.807) is 54.6 Å². The van der Waals surface area contributed by atoms with Crippen LogP contribution in [0.4, 0.5) is 10.1 Å². The number of nitrogens with one attached hydrogen (secondary N) is 1. The number of carbonyl (C=O) groups is 1. The minimum absolute atomic E-state index is 0.0785. The van der Waals surface area contributed by atoms with E-state index in [1.807, 2.05) is 36.4 Å². The third-order valence-corrected chi connectivity index (χ3v) is 6.47. The van der Waals surface area contributed by atoms with Crippen molar-refractivity contribution in [2.75, 3.05) is 12.4 Å². The second-order valence-corrected chi connectivity index (χ2v) is 9.23. The molecule has 1 N–H and O–H groups in total. The van der Waals surface area contributed by atoms with Gasteiger partial charge in [0.25, 0.3) is 5.91 Å². The monoisotopic (exact) mass is 570 g/mol. The number of carbonyl (C=O) groups excluding carboxylic acids is 1. The maximum atomic E-state index is 14.2. The van der Waals surface area contributed by atoms with Gasteiger partial charge in [0, 0.05) is 22.1 Å². The van der Waals surface area contributed by atoms with Gasteiger partial charge in [0.1, 0.15) is 35.6 Å². The molecule has 0 heterocycles. The van der Waals surface area contributed by atoms with Crippen LogP contribution >= 0.6 is 15.9 Å². The molecule has 0 spiro atoms. The molecule has 4 aromatic carbocycles. The van der Waals surface area contributed by atoms with Crippen molar-refractivity contribution in [2.45, 2.75) is 13.0 Å². The lowest BCUT2D eigenvalue weighted by Gasteiger charge is -2.13.